The number of carbonyl (C=O) groups excluding carboxylic acids is 2. The van der Waals surface area contributed by atoms with Crippen LogP contribution in [0.1, 0.15) is 12.0 Å². The standard InChI is InChI=1S/C15H21N3O3/c16-15(20)18-9-7-17(8-10-18)14(19)6-11-21-12-13-4-2-1-3-5-13/h1-5H,6-12H2,(H2,16,20). The van der Waals surface area contributed by atoms with Gasteiger partial charge in [0.15, 0.2) is 0 Å². The molecule has 6 nitrogen and oxygen atoms in total. The van der Waals surface area contributed by atoms with Crippen LogP contribution in [-0.2, 0) is 16.1 Å². The molecule has 1 aromatic rings. The Morgan fingerprint density at radius 2 is 1.67 bits per heavy atom. The minimum atomic E-state index is -0.423. The van der Waals surface area contributed by atoms with Crippen LogP contribution in [0.25, 0.3) is 0 Å². The van der Waals surface area contributed by atoms with Crippen LogP contribution < -0.4 is 5.73 Å². The Labute approximate surface area is 124 Å². The molecule has 1 fully saturated rings. The van der Waals surface area contributed by atoms with Gasteiger partial charge in [0.1, 0.15) is 0 Å². The Kier molecular flexibility index (Phi) is 5.57. The smallest absolute Gasteiger partial charge is 0.314 e. The summed E-state index contributed by atoms with van der Waals surface area (Å²) >= 11 is 0. The van der Waals surface area contributed by atoms with E-state index >= 15 is 0 Å². The molecule has 0 radical (unpaired) electrons. The molecule has 2 N–H and O–H groups in total. The molecule has 2 rings (SSSR count). The van der Waals surface area contributed by atoms with E-state index in [9.17, 15) is 9.59 Å². The van der Waals surface area contributed by atoms with Gasteiger partial charge in [0.05, 0.1) is 19.6 Å². The Bertz CT molecular complexity index is 470. The van der Waals surface area contributed by atoms with Crippen LogP contribution in [0, 0.1) is 0 Å². The summed E-state index contributed by atoms with van der Waals surface area (Å²) in [6.07, 6.45) is 0.364. The van der Waals surface area contributed by atoms with E-state index in [1.807, 2.05) is 30.3 Å². The van der Waals surface area contributed by atoms with Gasteiger partial charge in [-0.3, -0.25) is 4.79 Å². The Hall–Kier alpha value is -2.08. The van der Waals surface area contributed by atoms with Crippen molar-refractivity contribution in [3.63, 3.8) is 0 Å². The zero-order chi connectivity index (χ0) is 15.1. The van der Waals surface area contributed by atoms with Crippen molar-refractivity contribution >= 4 is 11.9 Å². The SMILES string of the molecule is NC(=O)N1CCN(C(=O)CCOCc2ccccc2)CC1. The van der Waals surface area contributed by atoms with E-state index in [1.54, 1.807) is 9.80 Å². The topological polar surface area (TPSA) is 75.9 Å². The maximum absolute atomic E-state index is 12.0. The molecule has 3 amide bonds. The lowest BCUT2D eigenvalue weighted by Gasteiger charge is -2.33. The van der Waals surface area contributed by atoms with Gasteiger partial charge in [0.25, 0.3) is 0 Å². The monoisotopic (exact) mass is 291 g/mol. The molecule has 0 unspecified atom stereocenters. The number of nitrogens with zero attached hydrogens (tertiary/aromatic N) is 2. The lowest BCUT2D eigenvalue weighted by molar-refractivity contribution is -0.133. The van der Waals surface area contributed by atoms with Gasteiger partial charge >= 0.3 is 6.03 Å². The molecule has 1 aromatic carbocycles. The summed E-state index contributed by atoms with van der Waals surface area (Å²) in [4.78, 5) is 26.3. The molecule has 0 atom stereocenters. The summed E-state index contributed by atoms with van der Waals surface area (Å²) in [6.45, 7) is 3.02. The molecule has 0 aromatic heterocycles. The van der Waals surface area contributed by atoms with E-state index < -0.39 is 6.03 Å². The second kappa shape index (κ2) is 7.64. The highest BCUT2D eigenvalue weighted by molar-refractivity contribution is 5.77. The first-order chi connectivity index (χ1) is 10.2. The first-order valence-electron chi connectivity index (χ1n) is 7.10. The van der Waals surface area contributed by atoms with Crippen LogP contribution in [-0.4, -0.2) is 54.5 Å². The van der Waals surface area contributed by atoms with E-state index in [0.29, 0.717) is 45.8 Å². The molecule has 1 aliphatic rings. The van der Waals surface area contributed by atoms with E-state index in [2.05, 4.69) is 0 Å². The molecule has 21 heavy (non-hydrogen) atoms. The highest BCUT2D eigenvalue weighted by Crippen LogP contribution is 2.05. The van der Waals surface area contributed by atoms with E-state index in [1.165, 1.54) is 0 Å². The molecule has 114 valence electrons. The summed E-state index contributed by atoms with van der Waals surface area (Å²) in [5.41, 5.74) is 6.30. The highest BCUT2D eigenvalue weighted by atomic mass is 16.5. The van der Waals surface area contributed by atoms with E-state index in [-0.39, 0.29) is 5.91 Å². The Balaban J connectivity index is 1.63. The summed E-state index contributed by atoms with van der Waals surface area (Å²) < 4.78 is 5.51. The maximum atomic E-state index is 12.0. The Morgan fingerprint density at radius 1 is 1.05 bits per heavy atom. The predicted molar refractivity (Wildman–Crippen MR) is 78.5 cm³/mol. The minimum absolute atomic E-state index is 0.0622. The Morgan fingerprint density at radius 3 is 2.29 bits per heavy atom. The average molecular weight is 291 g/mol. The fourth-order valence-electron chi connectivity index (χ4n) is 2.26. The van der Waals surface area contributed by atoms with Crippen molar-refractivity contribution < 1.29 is 14.3 Å². The number of rotatable bonds is 5. The zero-order valence-electron chi connectivity index (χ0n) is 12.0. The van der Waals surface area contributed by atoms with Crippen LogP contribution in [0.5, 0.6) is 0 Å². The minimum Gasteiger partial charge on any atom is -0.376 e. The largest absolute Gasteiger partial charge is 0.376 e. The van der Waals surface area contributed by atoms with Crippen molar-refractivity contribution in [2.75, 3.05) is 32.8 Å². The van der Waals surface area contributed by atoms with Gasteiger partial charge in [0.2, 0.25) is 5.91 Å². The van der Waals surface area contributed by atoms with Crippen LogP contribution >= 0.6 is 0 Å². The van der Waals surface area contributed by atoms with Crippen molar-refractivity contribution in [3.8, 4) is 0 Å². The number of nitrogens with two attached hydrogens (primary N) is 1. The first-order valence-corrected chi connectivity index (χ1v) is 7.10. The molecule has 1 saturated heterocycles. The molecule has 0 bridgehead atoms. The third-order valence-corrected chi connectivity index (χ3v) is 3.52. The molecule has 1 aliphatic heterocycles. The number of hydrogen-bond acceptors (Lipinski definition) is 3. The number of ether oxygens (including phenoxy) is 1. The molecule has 0 aliphatic carbocycles. The van der Waals surface area contributed by atoms with Crippen molar-refractivity contribution in [2.24, 2.45) is 5.73 Å². The normalized spacial score (nSPS) is 15.0. The van der Waals surface area contributed by atoms with Gasteiger partial charge in [-0.2, -0.15) is 0 Å². The number of benzene rings is 1. The number of carbonyl (C=O) groups is 2. The number of primary amides is 1. The number of piperazine rings is 1. The quantitative estimate of drug-likeness (QED) is 0.816. The summed E-state index contributed by atoms with van der Waals surface area (Å²) in [5, 5.41) is 0. The van der Waals surface area contributed by atoms with Crippen LogP contribution in [0.4, 0.5) is 4.79 Å². The van der Waals surface area contributed by atoms with Crippen molar-refractivity contribution in [1.29, 1.82) is 0 Å². The van der Waals surface area contributed by atoms with Gasteiger partial charge in [-0.15, -0.1) is 0 Å². The van der Waals surface area contributed by atoms with Crippen LogP contribution in [0.15, 0.2) is 30.3 Å². The maximum Gasteiger partial charge on any atom is 0.314 e. The van der Waals surface area contributed by atoms with Crippen molar-refractivity contribution in [1.82, 2.24) is 9.80 Å². The zero-order valence-corrected chi connectivity index (χ0v) is 12.0. The third kappa shape index (κ3) is 4.75. The second-order valence-corrected chi connectivity index (χ2v) is 4.99. The molecule has 6 heteroatoms. The van der Waals surface area contributed by atoms with Gasteiger partial charge in [0, 0.05) is 26.2 Å². The van der Waals surface area contributed by atoms with Crippen molar-refractivity contribution in [3.05, 3.63) is 35.9 Å². The van der Waals surface area contributed by atoms with Crippen molar-refractivity contribution in [2.45, 2.75) is 13.0 Å². The van der Waals surface area contributed by atoms with Crippen LogP contribution in [0.3, 0.4) is 0 Å². The molecular weight excluding hydrogens is 270 g/mol. The molecular formula is C15H21N3O3. The average Bonchev–Trinajstić information content (AvgIpc) is 2.52. The predicted octanol–water partition coefficient (Wildman–Crippen LogP) is 0.816. The highest BCUT2D eigenvalue weighted by Gasteiger charge is 2.22. The lowest BCUT2D eigenvalue weighted by Crippen LogP contribution is -2.52. The number of hydrogen-bond donors (Lipinski definition) is 1. The molecule has 0 spiro atoms. The molecule has 1 heterocycles. The van der Waals surface area contributed by atoms with Gasteiger partial charge < -0.3 is 20.3 Å². The number of urea groups is 1. The number of amides is 3. The first kappa shape index (κ1) is 15.3. The fourth-order valence-corrected chi connectivity index (χ4v) is 2.26. The van der Waals surface area contributed by atoms with E-state index in [4.69, 9.17) is 10.5 Å². The lowest BCUT2D eigenvalue weighted by atomic mass is 10.2. The van der Waals surface area contributed by atoms with Crippen LogP contribution in [0.2, 0.25) is 0 Å². The summed E-state index contributed by atoms with van der Waals surface area (Å²) in [7, 11) is 0. The van der Waals surface area contributed by atoms with Gasteiger partial charge in [-0.25, -0.2) is 4.79 Å². The second-order valence-electron chi connectivity index (χ2n) is 4.99. The van der Waals surface area contributed by atoms with Gasteiger partial charge in [-0.05, 0) is 5.56 Å². The summed E-state index contributed by atoms with van der Waals surface area (Å²) in [5.74, 6) is 0.0622. The van der Waals surface area contributed by atoms with Gasteiger partial charge in [-0.1, -0.05) is 30.3 Å². The summed E-state index contributed by atoms with van der Waals surface area (Å²) in [6, 6.07) is 9.44. The van der Waals surface area contributed by atoms with E-state index in [0.717, 1.165) is 5.56 Å². The molecule has 0 saturated carbocycles. The third-order valence-electron chi connectivity index (χ3n) is 3.52. The fraction of sp³-hybridized carbons (Fsp3) is 0.467.